The van der Waals surface area contributed by atoms with E-state index in [1.54, 1.807) is 12.1 Å². The van der Waals surface area contributed by atoms with Gasteiger partial charge in [-0.15, -0.1) is 0 Å². The number of hydrogen-bond acceptors (Lipinski definition) is 2. The van der Waals surface area contributed by atoms with Crippen molar-refractivity contribution in [2.45, 2.75) is 25.9 Å². The van der Waals surface area contributed by atoms with E-state index in [0.29, 0.717) is 12.1 Å². The van der Waals surface area contributed by atoms with Gasteiger partial charge in [-0.25, -0.2) is 4.39 Å². The molecular weight excluding hydrogens is 262 g/mol. The number of nitrogens with one attached hydrogen (secondary N) is 1. The monoisotopic (exact) mass is 276 g/mol. The summed E-state index contributed by atoms with van der Waals surface area (Å²) in [5.41, 5.74) is 0.877. The minimum Gasteiger partial charge on any atom is -0.366 e. The van der Waals surface area contributed by atoms with Crippen molar-refractivity contribution in [1.29, 1.82) is 0 Å². The summed E-state index contributed by atoms with van der Waals surface area (Å²) in [5, 5.41) is 3.54. The zero-order chi connectivity index (χ0) is 12.6. The van der Waals surface area contributed by atoms with Gasteiger partial charge in [0, 0.05) is 30.9 Å². The van der Waals surface area contributed by atoms with Gasteiger partial charge in [0.2, 0.25) is 0 Å². The van der Waals surface area contributed by atoms with Crippen molar-refractivity contribution < 1.29 is 4.39 Å². The molecule has 94 valence electrons. The summed E-state index contributed by atoms with van der Waals surface area (Å²) in [7, 11) is 0. The van der Waals surface area contributed by atoms with Crippen LogP contribution in [0.5, 0.6) is 0 Å². The molecule has 2 atom stereocenters. The minimum absolute atomic E-state index is 0.0749. The third-order valence-corrected chi connectivity index (χ3v) is 3.61. The highest BCUT2D eigenvalue weighted by molar-refractivity contribution is 6.35. The van der Waals surface area contributed by atoms with Gasteiger partial charge in [-0.3, -0.25) is 0 Å². The SMILES string of the molecule is CC1CN(c2cc(Cl)c(F)c(Cl)c2)C(C)CN1. The van der Waals surface area contributed by atoms with Crippen molar-refractivity contribution in [3.8, 4) is 0 Å². The highest BCUT2D eigenvalue weighted by Gasteiger charge is 2.23. The fourth-order valence-corrected chi connectivity index (χ4v) is 2.56. The maximum Gasteiger partial charge on any atom is 0.160 e. The number of anilines is 1. The normalized spacial score (nSPS) is 25.1. The molecule has 2 rings (SSSR count). The first-order chi connectivity index (χ1) is 7.99. The molecule has 17 heavy (non-hydrogen) atoms. The standard InChI is InChI=1S/C12H15Cl2FN2/c1-7-6-17(8(2)5-16-7)9-3-10(13)12(15)11(14)4-9/h3-4,7-8,16H,5-6H2,1-2H3. The van der Waals surface area contributed by atoms with Gasteiger partial charge < -0.3 is 10.2 Å². The largest absolute Gasteiger partial charge is 0.366 e. The van der Waals surface area contributed by atoms with E-state index in [9.17, 15) is 4.39 Å². The molecule has 2 nitrogen and oxygen atoms in total. The molecule has 0 saturated carbocycles. The third-order valence-electron chi connectivity index (χ3n) is 3.06. The molecule has 0 radical (unpaired) electrons. The number of rotatable bonds is 1. The number of piperazine rings is 1. The van der Waals surface area contributed by atoms with Crippen LogP contribution in [0.4, 0.5) is 10.1 Å². The summed E-state index contributed by atoms with van der Waals surface area (Å²) in [6.07, 6.45) is 0. The van der Waals surface area contributed by atoms with Crippen molar-refractivity contribution in [3.05, 3.63) is 28.0 Å². The van der Waals surface area contributed by atoms with Crippen LogP contribution in [0.2, 0.25) is 10.0 Å². The average Bonchev–Trinajstić information content (AvgIpc) is 2.28. The zero-order valence-electron chi connectivity index (χ0n) is 9.80. The summed E-state index contributed by atoms with van der Waals surface area (Å²) in [6.45, 7) is 5.99. The second-order valence-corrected chi connectivity index (χ2v) is 5.35. The Morgan fingerprint density at radius 3 is 2.47 bits per heavy atom. The van der Waals surface area contributed by atoms with E-state index in [4.69, 9.17) is 23.2 Å². The Morgan fingerprint density at radius 1 is 1.29 bits per heavy atom. The molecule has 1 aliphatic heterocycles. The molecule has 2 unspecified atom stereocenters. The van der Waals surface area contributed by atoms with E-state index in [1.807, 2.05) is 0 Å². The van der Waals surface area contributed by atoms with Crippen LogP contribution in [0.1, 0.15) is 13.8 Å². The van der Waals surface area contributed by atoms with Gasteiger partial charge in [-0.05, 0) is 26.0 Å². The van der Waals surface area contributed by atoms with Crippen molar-refractivity contribution >= 4 is 28.9 Å². The van der Waals surface area contributed by atoms with Crippen LogP contribution in [0.15, 0.2) is 12.1 Å². The van der Waals surface area contributed by atoms with E-state index in [1.165, 1.54) is 0 Å². The summed E-state index contributed by atoms with van der Waals surface area (Å²) in [6, 6.07) is 4.01. The van der Waals surface area contributed by atoms with Crippen molar-refractivity contribution in [2.75, 3.05) is 18.0 Å². The first-order valence-corrected chi connectivity index (χ1v) is 6.39. The van der Waals surface area contributed by atoms with Crippen LogP contribution in [0.25, 0.3) is 0 Å². The zero-order valence-corrected chi connectivity index (χ0v) is 11.3. The quantitative estimate of drug-likeness (QED) is 0.792. The van der Waals surface area contributed by atoms with E-state index in [-0.39, 0.29) is 10.0 Å². The fourth-order valence-electron chi connectivity index (χ4n) is 2.09. The first kappa shape index (κ1) is 12.9. The Labute approximate surface area is 111 Å². The van der Waals surface area contributed by atoms with Gasteiger partial charge in [0.15, 0.2) is 5.82 Å². The summed E-state index contributed by atoms with van der Waals surface area (Å²) in [4.78, 5) is 2.19. The molecule has 1 aromatic carbocycles. The Bertz CT molecular complexity index is 402. The maximum atomic E-state index is 13.4. The molecule has 1 aromatic rings. The first-order valence-electron chi connectivity index (χ1n) is 5.63. The lowest BCUT2D eigenvalue weighted by Gasteiger charge is -2.39. The Balaban J connectivity index is 2.32. The molecule has 0 spiro atoms. The molecular formula is C12H15Cl2FN2. The van der Waals surface area contributed by atoms with Gasteiger partial charge in [0.25, 0.3) is 0 Å². The highest BCUT2D eigenvalue weighted by Crippen LogP contribution is 2.31. The van der Waals surface area contributed by atoms with Crippen LogP contribution in [0.3, 0.4) is 0 Å². The molecule has 1 saturated heterocycles. The van der Waals surface area contributed by atoms with Gasteiger partial charge in [0.05, 0.1) is 10.0 Å². The summed E-state index contributed by atoms with van der Waals surface area (Å²) in [5.74, 6) is -0.548. The molecule has 1 aliphatic rings. The van der Waals surface area contributed by atoms with Crippen molar-refractivity contribution in [2.24, 2.45) is 0 Å². The topological polar surface area (TPSA) is 15.3 Å². The molecule has 1 heterocycles. The van der Waals surface area contributed by atoms with Gasteiger partial charge in [-0.1, -0.05) is 23.2 Å². The number of benzene rings is 1. The van der Waals surface area contributed by atoms with Crippen molar-refractivity contribution in [3.63, 3.8) is 0 Å². The third kappa shape index (κ3) is 2.67. The minimum atomic E-state index is -0.548. The van der Waals surface area contributed by atoms with Crippen LogP contribution >= 0.6 is 23.2 Å². The van der Waals surface area contributed by atoms with Gasteiger partial charge >= 0.3 is 0 Å². The Hall–Kier alpha value is -0.510. The van der Waals surface area contributed by atoms with Crippen LogP contribution in [-0.4, -0.2) is 25.2 Å². The average molecular weight is 277 g/mol. The lowest BCUT2D eigenvalue weighted by atomic mass is 10.1. The number of halogens is 3. The molecule has 0 aliphatic carbocycles. The highest BCUT2D eigenvalue weighted by atomic mass is 35.5. The molecule has 0 bridgehead atoms. The molecule has 1 fully saturated rings. The van der Waals surface area contributed by atoms with E-state index >= 15 is 0 Å². The van der Waals surface area contributed by atoms with Crippen LogP contribution < -0.4 is 10.2 Å². The fraction of sp³-hybridized carbons (Fsp3) is 0.500. The van der Waals surface area contributed by atoms with Gasteiger partial charge in [-0.2, -0.15) is 0 Å². The van der Waals surface area contributed by atoms with E-state index in [2.05, 4.69) is 24.1 Å². The van der Waals surface area contributed by atoms with Crippen molar-refractivity contribution in [1.82, 2.24) is 5.32 Å². The summed E-state index contributed by atoms with van der Waals surface area (Å²) < 4.78 is 13.4. The lowest BCUT2D eigenvalue weighted by molar-refractivity contribution is 0.425. The second-order valence-electron chi connectivity index (χ2n) is 4.53. The Kier molecular flexibility index (Phi) is 3.81. The predicted molar refractivity (Wildman–Crippen MR) is 70.7 cm³/mol. The molecule has 0 amide bonds. The van der Waals surface area contributed by atoms with Crippen LogP contribution in [-0.2, 0) is 0 Å². The molecule has 5 heteroatoms. The van der Waals surface area contributed by atoms with Crippen LogP contribution in [0, 0.1) is 5.82 Å². The molecule has 0 aromatic heterocycles. The maximum absolute atomic E-state index is 13.4. The number of nitrogens with zero attached hydrogens (tertiary/aromatic N) is 1. The summed E-state index contributed by atoms with van der Waals surface area (Å²) >= 11 is 11.6. The second kappa shape index (κ2) is 5.01. The van der Waals surface area contributed by atoms with E-state index < -0.39 is 5.82 Å². The van der Waals surface area contributed by atoms with Gasteiger partial charge in [0.1, 0.15) is 0 Å². The smallest absolute Gasteiger partial charge is 0.160 e. The molecule has 1 N–H and O–H groups in total. The number of hydrogen-bond donors (Lipinski definition) is 1. The lowest BCUT2D eigenvalue weighted by Crippen LogP contribution is -2.54. The predicted octanol–water partition coefficient (Wildman–Crippen LogP) is 3.32. The Morgan fingerprint density at radius 2 is 1.88 bits per heavy atom. The van der Waals surface area contributed by atoms with E-state index in [0.717, 1.165) is 18.8 Å².